The van der Waals surface area contributed by atoms with Crippen LogP contribution in [-0.4, -0.2) is 23.2 Å². The van der Waals surface area contributed by atoms with Gasteiger partial charge in [-0.05, 0) is 24.8 Å². The van der Waals surface area contributed by atoms with Crippen molar-refractivity contribution in [1.82, 2.24) is 5.32 Å². The lowest BCUT2D eigenvalue weighted by molar-refractivity contribution is -0.122. The molecule has 1 aliphatic rings. The van der Waals surface area contributed by atoms with E-state index in [0.717, 1.165) is 31.2 Å². The molecule has 1 unspecified atom stereocenters. The van der Waals surface area contributed by atoms with Gasteiger partial charge in [0.2, 0.25) is 5.91 Å². The summed E-state index contributed by atoms with van der Waals surface area (Å²) in [6, 6.07) is 9.69. The summed E-state index contributed by atoms with van der Waals surface area (Å²) in [7, 11) is 0. The molecule has 4 nitrogen and oxygen atoms in total. The van der Waals surface area contributed by atoms with Gasteiger partial charge in [0.15, 0.2) is 0 Å². The smallest absolute Gasteiger partial charge is 0.220 e. The van der Waals surface area contributed by atoms with E-state index < -0.39 is 5.60 Å². The summed E-state index contributed by atoms with van der Waals surface area (Å²) in [6.45, 7) is 0.367. The number of nitrogens with one attached hydrogen (secondary N) is 1. The van der Waals surface area contributed by atoms with Crippen LogP contribution in [0.3, 0.4) is 0 Å². The molecule has 110 valence electrons. The fourth-order valence-electron chi connectivity index (χ4n) is 2.71. The van der Waals surface area contributed by atoms with Crippen molar-refractivity contribution in [3.8, 4) is 0 Å². The van der Waals surface area contributed by atoms with Crippen molar-refractivity contribution in [3.63, 3.8) is 0 Å². The number of benzene rings is 1. The molecule has 2 rings (SSSR count). The predicted octanol–water partition coefficient (Wildman–Crippen LogP) is 1.89. The fraction of sp³-hybridized carbons (Fsp3) is 0.562. The first kappa shape index (κ1) is 15.0. The minimum atomic E-state index is -0.683. The first-order chi connectivity index (χ1) is 9.59. The van der Waals surface area contributed by atoms with Crippen molar-refractivity contribution in [2.45, 2.75) is 50.2 Å². The summed E-state index contributed by atoms with van der Waals surface area (Å²) in [5.41, 5.74) is 6.43. The molecule has 0 aromatic heterocycles. The van der Waals surface area contributed by atoms with Crippen LogP contribution in [0, 0.1) is 0 Å². The zero-order chi connectivity index (χ0) is 14.4. The van der Waals surface area contributed by atoms with Gasteiger partial charge in [-0.2, -0.15) is 0 Å². The first-order valence-corrected chi connectivity index (χ1v) is 7.39. The van der Waals surface area contributed by atoms with Gasteiger partial charge in [0.05, 0.1) is 5.60 Å². The summed E-state index contributed by atoms with van der Waals surface area (Å²) in [5, 5.41) is 13.0. The number of nitrogens with two attached hydrogens (primary N) is 1. The minimum Gasteiger partial charge on any atom is -0.388 e. The maximum atomic E-state index is 11.8. The molecule has 1 amide bonds. The zero-order valence-corrected chi connectivity index (χ0v) is 11.8. The molecule has 20 heavy (non-hydrogen) atoms. The Kier molecular flexibility index (Phi) is 5.15. The van der Waals surface area contributed by atoms with E-state index in [1.54, 1.807) is 0 Å². The molecular weight excluding hydrogens is 252 g/mol. The van der Waals surface area contributed by atoms with Crippen molar-refractivity contribution >= 4 is 5.91 Å². The maximum Gasteiger partial charge on any atom is 0.220 e. The van der Waals surface area contributed by atoms with Crippen LogP contribution in [0.5, 0.6) is 0 Å². The van der Waals surface area contributed by atoms with Crippen molar-refractivity contribution in [2.75, 3.05) is 6.54 Å². The van der Waals surface area contributed by atoms with Crippen molar-refractivity contribution in [2.24, 2.45) is 5.73 Å². The van der Waals surface area contributed by atoms with Gasteiger partial charge in [-0.1, -0.05) is 43.2 Å². The minimum absolute atomic E-state index is 0.0308. The number of carbonyl (C=O) groups excluding carboxylic acids is 1. The third-order valence-corrected chi connectivity index (χ3v) is 4.06. The normalized spacial score (nSPS) is 18.7. The van der Waals surface area contributed by atoms with E-state index in [1.807, 2.05) is 30.3 Å². The molecule has 0 aliphatic heterocycles. The van der Waals surface area contributed by atoms with Gasteiger partial charge in [0.1, 0.15) is 0 Å². The van der Waals surface area contributed by atoms with Gasteiger partial charge in [0, 0.05) is 19.0 Å². The molecule has 4 N–H and O–H groups in total. The Balaban J connectivity index is 1.70. The van der Waals surface area contributed by atoms with Gasteiger partial charge in [0.25, 0.3) is 0 Å². The fourth-order valence-corrected chi connectivity index (χ4v) is 2.71. The van der Waals surface area contributed by atoms with Crippen LogP contribution >= 0.6 is 0 Å². The summed E-state index contributed by atoms with van der Waals surface area (Å²) < 4.78 is 0. The quantitative estimate of drug-likeness (QED) is 0.742. The standard InChI is InChI=1S/C16H24N2O2/c17-14(13-6-2-1-3-7-13)8-9-15(19)18-12-16(20)10-4-5-11-16/h1-3,6-7,14,20H,4-5,8-12,17H2,(H,18,19). The van der Waals surface area contributed by atoms with E-state index in [0.29, 0.717) is 19.4 Å². The maximum absolute atomic E-state index is 11.8. The Labute approximate surface area is 120 Å². The lowest BCUT2D eigenvalue weighted by atomic mass is 10.0. The van der Waals surface area contributed by atoms with E-state index in [2.05, 4.69) is 5.32 Å². The van der Waals surface area contributed by atoms with Crippen molar-refractivity contribution in [1.29, 1.82) is 0 Å². The average Bonchev–Trinajstić information content (AvgIpc) is 2.91. The SMILES string of the molecule is NC(CCC(=O)NCC1(O)CCCC1)c1ccccc1. The monoisotopic (exact) mass is 276 g/mol. The molecule has 1 aromatic rings. The van der Waals surface area contributed by atoms with E-state index in [4.69, 9.17) is 5.73 Å². The Bertz CT molecular complexity index is 427. The summed E-state index contributed by atoms with van der Waals surface area (Å²) in [4.78, 5) is 11.8. The van der Waals surface area contributed by atoms with Gasteiger partial charge in [-0.25, -0.2) is 0 Å². The van der Waals surface area contributed by atoms with Gasteiger partial charge >= 0.3 is 0 Å². The molecule has 1 saturated carbocycles. The number of rotatable bonds is 6. The van der Waals surface area contributed by atoms with Gasteiger partial charge in [-0.15, -0.1) is 0 Å². The lowest BCUT2D eigenvalue weighted by Crippen LogP contribution is -2.40. The molecule has 1 aromatic carbocycles. The predicted molar refractivity (Wildman–Crippen MR) is 79.0 cm³/mol. The third-order valence-electron chi connectivity index (χ3n) is 4.06. The highest BCUT2D eigenvalue weighted by Gasteiger charge is 2.31. The van der Waals surface area contributed by atoms with E-state index in [-0.39, 0.29) is 11.9 Å². The molecule has 0 saturated heterocycles. The molecule has 4 heteroatoms. The van der Waals surface area contributed by atoms with Gasteiger partial charge in [-0.3, -0.25) is 4.79 Å². The molecule has 1 atom stereocenters. The number of amides is 1. The Hall–Kier alpha value is -1.39. The van der Waals surface area contributed by atoms with Crippen LogP contribution in [0.1, 0.15) is 50.1 Å². The summed E-state index contributed by atoms with van der Waals surface area (Å²) in [6.07, 6.45) is 4.69. The highest BCUT2D eigenvalue weighted by atomic mass is 16.3. The van der Waals surface area contributed by atoms with Crippen molar-refractivity contribution in [3.05, 3.63) is 35.9 Å². The van der Waals surface area contributed by atoms with Gasteiger partial charge < -0.3 is 16.2 Å². The average molecular weight is 276 g/mol. The highest BCUT2D eigenvalue weighted by Crippen LogP contribution is 2.28. The molecular formula is C16H24N2O2. The number of hydrogen-bond donors (Lipinski definition) is 3. The molecule has 1 aliphatic carbocycles. The van der Waals surface area contributed by atoms with Crippen LogP contribution in [0.4, 0.5) is 0 Å². The molecule has 0 spiro atoms. The van der Waals surface area contributed by atoms with E-state index >= 15 is 0 Å². The largest absolute Gasteiger partial charge is 0.388 e. The second kappa shape index (κ2) is 6.86. The van der Waals surface area contributed by atoms with Crippen molar-refractivity contribution < 1.29 is 9.90 Å². The van der Waals surface area contributed by atoms with Crippen LogP contribution in [0.2, 0.25) is 0 Å². The highest BCUT2D eigenvalue weighted by molar-refractivity contribution is 5.76. The van der Waals surface area contributed by atoms with Crippen LogP contribution in [-0.2, 0) is 4.79 Å². The van der Waals surface area contributed by atoms with Crippen LogP contribution in [0.25, 0.3) is 0 Å². The van der Waals surface area contributed by atoms with E-state index in [1.165, 1.54) is 0 Å². The Morgan fingerprint density at radius 2 is 1.95 bits per heavy atom. The molecule has 0 radical (unpaired) electrons. The zero-order valence-electron chi connectivity index (χ0n) is 11.8. The lowest BCUT2D eigenvalue weighted by Gasteiger charge is -2.22. The number of hydrogen-bond acceptors (Lipinski definition) is 3. The number of aliphatic hydroxyl groups is 1. The second-order valence-electron chi connectivity index (χ2n) is 5.76. The second-order valence-corrected chi connectivity index (χ2v) is 5.76. The summed E-state index contributed by atoms with van der Waals surface area (Å²) >= 11 is 0. The summed E-state index contributed by atoms with van der Waals surface area (Å²) in [5.74, 6) is -0.0308. The molecule has 1 fully saturated rings. The topological polar surface area (TPSA) is 75.4 Å². The molecule has 0 bridgehead atoms. The molecule has 0 heterocycles. The first-order valence-electron chi connectivity index (χ1n) is 7.39. The Morgan fingerprint density at radius 3 is 2.60 bits per heavy atom. The van der Waals surface area contributed by atoms with Crippen LogP contribution in [0.15, 0.2) is 30.3 Å². The number of carbonyl (C=O) groups is 1. The van der Waals surface area contributed by atoms with Crippen LogP contribution < -0.4 is 11.1 Å². The van der Waals surface area contributed by atoms with E-state index in [9.17, 15) is 9.90 Å². The Morgan fingerprint density at radius 1 is 1.30 bits per heavy atom. The third kappa shape index (κ3) is 4.32.